The highest BCUT2D eigenvalue weighted by Gasteiger charge is 2.29. The Hall–Kier alpha value is -0.170. The summed E-state index contributed by atoms with van der Waals surface area (Å²) in [6.07, 6.45) is 2.52. The third-order valence-electron chi connectivity index (χ3n) is 3.43. The maximum Gasteiger partial charge on any atom is 0.215 e. The number of sulfonamides is 1. The standard InChI is InChI=1S/C12H26N2O3S/c1-12(2,6-8-17-3)10-14-18(15,16)11-5-4-7-13-9-11/h11,13-14H,4-10H2,1-3H3. The molecule has 1 atom stereocenters. The van der Waals surface area contributed by atoms with Crippen LogP contribution in [-0.4, -0.2) is 47.0 Å². The molecule has 0 amide bonds. The lowest BCUT2D eigenvalue weighted by Gasteiger charge is -2.28. The predicted molar refractivity (Wildman–Crippen MR) is 73.1 cm³/mol. The van der Waals surface area contributed by atoms with E-state index in [9.17, 15) is 8.42 Å². The summed E-state index contributed by atoms with van der Waals surface area (Å²) >= 11 is 0. The van der Waals surface area contributed by atoms with Crippen molar-refractivity contribution in [2.75, 3.05) is 33.4 Å². The van der Waals surface area contributed by atoms with Crippen LogP contribution in [0.5, 0.6) is 0 Å². The molecule has 0 spiro atoms. The largest absolute Gasteiger partial charge is 0.385 e. The second kappa shape index (κ2) is 6.84. The molecule has 2 N–H and O–H groups in total. The van der Waals surface area contributed by atoms with Gasteiger partial charge in [-0.05, 0) is 31.2 Å². The topological polar surface area (TPSA) is 67.4 Å². The summed E-state index contributed by atoms with van der Waals surface area (Å²) in [5, 5.41) is 2.85. The number of ether oxygens (including phenoxy) is 1. The summed E-state index contributed by atoms with van der Waals surface area (Å²) in [5.41, 5.74) is -0.0782. The summed E-state index contributed by atoms with van der Waals surface area (Å²) in [6, 6.07) is 0. The molecule has 1 aliphatic rings. The van der Waals surface area contributed by atoms with E-state index in [0.29, 0.717) is 19.7 Å². The summed E-state index contributed by atoms with van der Waals surface area (Å²) in [7, 11) is -1.53. The predicted octanol–water partition coefficient (Wildman–Crippen LogP) is 0.721. The van der Waals surface area contributed by atoms with Crippen molar-refractivity contribution < 1.29 is 13.2 Å². The van der Waals surface area contributed by atoms with Gasteiger partial charge in [-0.25, -0.2) is 13.1 Å². The number of piperidine rings is 1. The van der Waals surface area contributed by atoms with Gasteiger partial charge in [-0.3, -0.25) is 0 Å². The van der Waals surface area contributed by atoms with Gasteiger partial charge in [0.1, 0.15) is 0 Å². The van der Waals surface area contributed by atoms with Gasteiger partial charge in [0.05, 0.1) is 5.25 Å². The smallest absolute Gasteiger partial charge is 0.215 e. The molecule has 1 heterocycles. The Morgan fingerprint density at radius 3 is 2.72 bits per heavy atom. The summed E-state index contributed by atoms with van der Waals surface area (Å²) in [5.74, 6) is 0. The van der Waals surface area contributed by atoms with Crippen LogP contribution in [0.1, 0.15) is 33.1 Å². The lowest BCUT2D eigenvalue weighted by molar-refractivity contribution is 0.153. The Balaban J connectivity index is 2.45. The number of hydrogen-bond acceptors (Lipinski definition) is 4. The van der Waals surface area contributed by atoms with Crippen molar-refractivity contribution in [1.82, 2.24) is 10.0 Å². The van der Waals surface area contributed by atoms with E-state index in [1.54, 1.807) is 7.11 Å². The van der Waals surface area contributed by atoms with Crippen LogP contribution in [-0.2, 0) is 14.8 Å². The molecule has 0 aromatic heterocycles. The average Bonchev–Trinajstić information content (AvgIpc) is 2.36. The maximum atomic E-state index is 12.1. The Bertz CT molecular complexity index is 335. The third kappa shape index (κ3) is 5.22. The molecule has 0 aromatic carbocycles. The number of nitrogens with one attached hydrogen (secondary N) is 2. The number of methoxy groups -OCH3 is 1. The van der Waals surface area contributed by atoms with Crippen molar-refractivity contribution >= 4 is 10.0 Å². The monoisotopic (exact) mass is 278 g/mol. The Morgan fingerprint density at radius 2 is 2.17 bits per heavy atom. The molecule has 0 aliphatic carbocycles. The van der Waals surface area contributed by atoms with E-state index >= 15 is 0 Å². The van der Waals surface area contributed by atoms with Crippen molar-refractivity contribution in [1.29, 1.82) is 0 Å². The minimum Gasteiger partial charge on any atom is -0.385 e. The second-order valence-electron chi connectivity index (χ2n) is 5.74. The molecule has 0 saturated carbocycles. The van der Waals surface area contributed by atoms with Gasteiger partial charge in [0.25, 0.3) is 0 Å². The second-order valence-corrected chi connectivity index (χ2v) is 7.79. The lowest BCUT2D eigenvalue weighted by atomic mass is 9.90. The van der Waals surface area contributed by atoms with Crippen LogP contribution in [0.2, 0.25) is 0 Å². The number of rotatable bonds is 7. The van der Waals surface area contributed by atoms with Crippen molar-refractivity contribution in [2.24, 2.45) is 5.41 Å². The Kier molecular flexibility index (Phi) is 6.04. The summed E-state index contributed by atoms with van der Waals surface area (Å²) < 4.78 is 32.0. The normalized spacial score (nSPS) is 22.1. The van der Waals surface area contributed by atoms with Gasteiger partial charge in [-0.2, -0.15) is 0 Å². The van der Waals surface area contributed by atoms with Gasteiger partial charge in [0.2, 0.25) is 10.0 Å². The van der Waals surface area contributed by atoms with Gasteiger partial charge >= 0.3 is 0 Å². The number of hydrogen-bond donors (Lipinski definition) is 2. The van der Waals surface area contributed by atoms with E-state index in [1.807, 2.05) is 13.8 Å². The van der Waals surface area contributed by atoms with E-state index in [0.717, 1.165) is 25.8 Å². The molecule has 1 unspecified atom stereocenters. The third-order valence-corrected chi connectivity index (χ3v) is 5.25. The minimum atomic E-state index is -3.19. The van der Waals surface area contributed by atoms with E-state index in [2.05, 4.69) is 10.0 Å². The van der Waals surface area contributed by atoms with Gasteiger partial charge in [0, 0.05) is 26.8 Å². The van der Waals surface area contributed by atoms with E-state index in [4.69, 9.17) is 4.74 Å². The fourth-order valence-corrected chi connectivity index (χ4v) is 3.61. The highest BCUT2D eigenvalue weighted by molar-refractivity contribution is 7.90. The molecule has 6 heteroatoms. The molecule has 1 rings (SSSR count). The molecule has 0 aromatic rings. The van der Waals surface area contributed by atoms with Crippen LogP contribution in [0.4, 0.5) is 0 Å². The quantitative estimate of drug-likeness (QED) is 0.720. The van der Waals surface area contributed by atoms with Crippen LogP contribution in [0.15, 0.2) is 0 Å². The van der Waals surface area contributed by atoms with Crippen molar-refractivity contribution in [3.05, 3.63) is 0 Å². The first-order chi connectivity index (χ1) is 8.37. The SMILES string of the molecule is COCCC(C)(C)CNS(=O)(=O)C1CCCNC1. The van der Waals surface area contributed by atoms with Crippen molar-refractivity contribution in [3.63, 3.8) is 0 Å². The molecule has 5 nitrogen and oxygen atoms in total. The highest BCUT2D eigenvalue weighted by Crippen LogP contribution is 2.20. The van der Waals surface area contributed by atoms with Gasteiger partial charge in [0.15, 0.2) is 0 Å². The molecular weight excluding hydrogens is 252 g/mol. The zero-order valence-electron chi connectivity index (χ0n) is 11.7. The zero-order chi connectivity index (χ0) is 13.6. The summed E-state index contributed by atoms with van der Waals surface area (Å²) in [6.45, 7) is 6.70. The lowest BCUT2D eigenvalue weighted by Crippen LogP contribution is -2.46. The fourth-order valence-electron chi connectivity index (χ4n) is 1.97. The molecule has 18 heavy (non-hydrogen) atoms. The van der Waals surface area contributed by atoms with E-state index in [-0.39, 0.29) is 10.7 Å². The van der Waals surface area contributed by atoms with Crippen molar-refractivity contribution in [3.8, 4) is 0 Å². The van der Waals surface area contributed by atoms with Crippen molar-refractivity contribution in [2.45, 2.75) is 38.4 Å². The molecule has 108 valence electrons. The molecule has 1 saturated heterocycles. The maximum absolute atomic E-state index is 12.1. The molecule has 1 aliphatic heterocycles. The first-order valence-electron chi connectivity index (χ1n) is 6.55. The van der Waals surface area contributed by atoms with Gasteiger partial charge < -0.3 is 10.1 Å². The van der Waals surface area contributed by atoms with Crippen LogP contribution >= 0.6 is 0 Å². The first-order valence-corrected chi connectivity index (χ1v) is 8.10. The Labute approximate surface area is 111 Å². The average molecular weight is 278 g/mol. The van der Waals surface area contributed by atoms with Gasteiger partial charge in [-0.1, -0.05) is 13.8 Å². The van der Waals surface area contributed by atoms with E-state index < -0.39 is 10.0 Å². The highest BCUT2D eigenvalue weighted by atomic mass is 32.2. The van der Waals surface area contributed by atoms with Crippen LogP contribution in [0.3, 0.4) is 0 Å². The van der Waals surface area contributed by atoms with E-state index in [1.165, 1.54) is 0 Å². The van der Waals surface area contributed by atoms with Crippen LogP contribution in [0.25, 0.3) is 0 Å². The molecule has 0 bridgehead atoms. The zero-order valence-corrected chi connectivity index (χ0v) is 12.5. The minimum absolute atomic E-state index is 0.0782. The fraction of sp³-hybridized carbons (Fsp3) is 1.00. The van der Waals surface area contributed by atoms with Crippen LogP contribution in [0, 0.1) is 5.41 Å². The molecule has 1 fully saturated rings. The molecule has 0 radical (unpaired) electrons. The van der Waals surface area contributed by atoms with Gasteiger partial charge in [-0.15, -0.1) is 0 Å². The van der Waals surface area contributed by atoms with Crippen LogP contribution < -0.4 is 10.0 Å². The first kappa shape index (κ1) is 15.9. The summed E-state index contributed by atoms with van der Waals surface area (Å²) in [4.78, 5) is 0. The Morgan fingerprint density at radius 1 is 1.44 bits per heavy atom. The molecular formula is C12H26N2O3S.